The lowest BCUT2D eigenvalue weighted by molar-refractivity contribution is -0.174. The number of nitriles is 1. The Morgan fingerprint density at radius 1 is 1.29 bits per heavy atom. The summed E-state index contributed by atoms with van der Waals surface area (Å²) in [6.45, 7) is 18.2. The lowest BCUT2D eigenvalue weighted by atomic mass is 9.54. The summed E-state index contributed by atoms with van der Waals surface area (Å²) >= 11 is 0. The van der Waals surface area contributed by atoms with Gasteiger partial charge in [0.2, 0.25) is 0 Å². The molecular weight excluding hydrogens is 366 g/mol. The molecule has 0 N–H and O–H groups in total. The van der Waals surface area contributed by atoms with Gasteiger partial charge in [0.15, 0.2) is 14.1 Å². The van der Waals surface area contributed by atoms with E-state index in [-0.39, 0.29) is 39.6 Å². The van der Waals surface area contributed by atoms with Gasteiger partial charge in [0.05, 0.1) is 18.1 Å². The SMILES string of the molecule is CC1(C)CC(=O)[C@@]23O[C@H](C[C@]2(C)CCC[C@@H]3CO[Si](C)(C)C(C)(C)C)C1C#N. The fourth-order valence-corrected chi connectivity index (χ4v) is 6.85. The summed E-state index contributed by atoms with van der Waals surface area (Å²) in [5.74, 6) is 0.0649. The highest BCUT2D eigenvalue weighted by Gasteiger charge is 2.69. The number of ether oxygens (including phenoxy) is 1. The molecule has 28 heavy (non-hydrogen) atoms. The van der Waals surface area contributed by atoms with Crippen molar-refractivity contribution in [3.8, 4) is 6.07 Å². The molecule has 2 heterocycles. The molecule has 2 saturated heterocycles. The average molecular weight is 406 g/mol. The number of hydrogen-bond donors (Lipinski definition) is 0. The van der Waals surface area contributed by atoms with E-state index in [0.29, 0.717) is 13.0 Å². The van der Waals surface area contributed by atoms with E-state index in [1.54, 1.807) is 0 Å². The number of nitrogens with zero attached hydrogens (tertiary/aromatic N) is 1. The fraction of sp³-hybridized carbons (Fsp3) is 0.913. The molecule has 4 nitrogen and oxygen atoms in total. The monoisotopic (exact) mass is 405 g/mol. The topological polar surface area (TPSA) is 59.3 Å². The lowest BCUT2D eigenvalue weighted by Crippen LogP contribution is -2.60. The molecule has 0 radical (unpaired) electrons. The Hall–Kier alpha value is -0.703. The van der Waals surface area contributed by atoms with Crippen molar-refractivity contribution in [3.63, 3.8) is 0 Å². The van der Waals surface area contributed by atoms with Gasteiger partial charge >= 0.3 is 0 Å². The molecule has 1 saturated carbocycles. The third kappa shape index (κ3) is 3.11. The molecular formula is C23H39NO3Si. The van der Waals surface area contributed by atoms with Crippen LogP contribution >= 0.6 is 0 Å². The van der Waals surface area contributed by atoms with E-state index in [9.17, 15) is 10.1 Å². The lowest BCUT2D eigenvalue weighted by Gasteiger charge is -2.51. The molecule has 2 aliphatic heterocycles. The predicted octanol–water partition coefficient (Wildman–Crippen LogP) is 5.48. The number of carbonyl (C=O) groups excluding carboxylic acids is 1. The molecule has 5 heteroatoms. The smallest absolute Gasteiger partial charge is 0.191 e. The summed E-state index contributed by atoms with van der Waals surface area (Å²) in [5.41, 5.74) is -1.30. The van der Waals surface area contributed by atoms with Crippen LogP contribution in [0.15, 0.2) is 0 Å². The summed E-state index contributed by atoms with van der Waals surface area (Å²) in [5, 5.41) is 10.0. The van der Waals surface area contributed by atoms with Crippen molar-refractivity contribution in [2.75, 3.05) is 6.61 Å². The van der Waals surface area contributed by atoms with E-state index in [4.69, 9.17) is 9.16 Å². The predicted molar refractivity (Wildman–Crippen MR) is 113 cm³/mol. The van der Waals surface area contributed by atoms with Crippen LogP contribution in [0.5, 0.6) is 0 Å². The Labute approximate surface area is 172 Å². The zero-order valence-electron chi connectivity index (χ0n) is 19.1. The van der Waals surface area contributed by atoms with Crippen molar-refractivity contribution < 1.29 is 14.0 Å². The Morgan fingerprint density at radius 3 is 2.50 bits per heavy atom. The number of ketones is 1. The van der Waals surface area contributed by atoms with Gasteiger partial charge in [0.25, 0.3) is 0 Å². The zero-order valence-corrected chi connectivity index (χ0v) is 20.1. The van der Waals surface area contributed by atoms with Crippen molar-refractivity contribution in [1.82, 2.24) is 0 Å². The number of hydrogen-bond acceptors (Lipinski definition) is 4. The molecule has 0 amide bonds. The molecule has 0 aromatic carbocycles. The van der Waals surface area contributed by atoms with E-state index in [1.807, 2.05) is 0 Å². The van der Waals surface area contributed by atoms with Gasteiger partial charge in [-0.2, -0.15) is 5.26 Å². The summed E-state index contributed by atoms with van der Waals surface area (Å²) in [7, 11) is -1.90. The molecule has 1 unspecified atom stereocenters. The highest BCUT2D eigenvalue weighted by molar-refractivity contribution is 6.74. The Bertz CT molecular complexity index is 689. The van der Waals surface area contributed by atoms with Crippen molar-refractivity contribution in [3.05, 3.63) is 0 Å². The van der Waals surface area contributed by atoms with Crippen LogP contribution in [0, 0.1) is 34.0 Å². The number of fused-ring (bicyclic) bond motifs is 1. The summed E-state index contributed by atoms with van der Waals surface area (Å²) < 4.78 is 13.3. The summed E-state index contributed by atoms with van der Waals surface area (Å²) in [6.07, 6.45) is 4.17. The van der Waals surface area contributed by atoms with Gasteiger partial charge in [-0.25, -0.2) is 0 Å². The normalized spacial score (nSPS) is 40.5. The maximum atomic E-state index is 13.8. The van der Waals surface area contributed by atoms with Crippen LogP contribution in [0.1, 0.15) is 73.6 Å². The molecule has 3 rings (SSSR count). The second-order valence-electron chi connectivity index (χ2n) is 12.0. The van der Waals surface area contributed by atoms with E-state index in [1.165, 1.54) is 0 Å². The second kappa shape index (κ2) is 6.65. The quantitative estimate of drug-likeness (QED) is 0.583. The first-order chi connectivity index (χ1) is 12.7. The number of rotatable bonds is 3. The van der Waals surface area contributed by atoms with Crippen LogP contribution in [-0.2, 0) is 14.0 Å². The van der Waals surface area contributed by atoms with Crippen LogP contribution in [0.4, 0.5) is 0 Å². The number of Topliss-reactive ketones (excluding diaryl/α,β-unsaturated/α-hetero) is 1. The highest BCUT2D eigenvalue weighted by Crippen LogP contribution is 2.63. The summed E-state index contributed by atoms with van der Waals surface area (Å²) in [4.78, 5) is 13.8. The fourth-order valence-electron chi connectivity index (χ4n) is 5.80. The Balaban J connectivity index is 1.97. The van der Waals surface area contributed by atoms with Crippen molar-refractivity contribution in [2.45, 2.75) is 103 Å². The van der Waals surface area contributed by atoms with Crippen LogP contribution in [-0.4, -0.2) is 32.4 Å². The third-order valence-corrected chi connectivity index (χ3v) is 13.1. The van der Waals surface area contributed by atoms with Crippen molar-refractivity contribution >= 4 is 14.1 Å². The maximum Gasteiger partial charge on any atom is 0.191 e. The van der Waals surface area contributed by atoms with E-state index in [2.05, 4.69) is 60.7 Å². The zero-order chi connectivity index (χ0) is 21.2. The molecule has 158 valence electrons. The van der Waals surface area contributed by atoms with Crippen LogP contribution in [0.2, 0.25) is 18.1 Å². The van der Waals surface area contributed by atoms with Gasteiger partial charge in [-0.05, 0) is 42.8 Å². The Morgan fingerprint density at radius 2 is 1.93 bits per heavy atom. The number of carbonyl (C=O) groups is 1. The minimum absolute atomic E-state index is 0.0890. The molecule has 2 bridgehead atoms. The standard InChI is InChI=1S/C23H39NO3Si/c1-20(2,3)28(7,8)26-15-16-10-9-11-22(6)12-18-17(14-24)21(4,5)13-19(25)23(16,22)27-18/h16-18H,9-13,15H2,1-8H3/t16-,17?,18-,22+,23-/m1/s1. The molecule has 0 aromatic rings. The molecule has 3 fully saturated rings. The van der Waals surface area contributed by atoms with Crippen LogP contribution in [0.25, 0.3) is 0 Å². The van der Waals surface area contributed by atoms with Gasteiger partial charge in [-0.1, -0.05) is 48.0 Å². The van der Waals surface area contributed by atoms with Gasteiger partial charge < -0.3 is 9.16 Å². The minimum atomic E-state index is -1.90. The largest absolute Gasteiger partial charge is 0.416 e. The minimum Gasteiger partial charge on any atom is -0.416 e. The third-order valence-electron chi connectivity index (χ3n) is 8.58. The molecule has 1 aliphatic carbocycles. The van der Waals surface area contributed by atoms with Gasteiger partial charge in [-0.3, -0.25) is 4.79 Å². The summed E-state index contributed by atoms with van der Waals surface area (Å²) in [6, 6.07) is 2.50. The van der Waals surface area contributed by atoms with Crippen molar-refractivity contribution in [2.24, 2.45) is 22.7 Å². The first-order valence-corrected chi connectivity index (χ1v) is 13.9. The van der Waals surface area contributed by atoms with Crippen LogP contribution < -0.4 is 0 Å². The van der Waals surface area contributed by atoms with Gasteiger partial charge in [0, 0.05) is 24.4 Å². The Kier molecular flexibility index (Phi) is 5.22. The van der Waals surface area contributed by atoms with E-state index < -0.39 is 13.9 Å². The van der Waals surface area contributed by atoms with E-state index >= 15 is 0 Å². The highest BCUT2D eigenvalue weighted by atomic mass is 28.4. The van der Waals surface area contributed by atoms with Gasteiger partial charge in [0.1, 0.15) is 5.60 Å². The molecule has 1 spiro atoms. The maximum absolute atomic E-state index is 13.8. The van der Waals surface area contributed by atoms with Gasteiger partial charge in [-0.15, -0.1) is 0 Å². The molecule has 5 atom stereocenters. The van der Waals surface area contributed by atoms with E-state index in [0.717, 1.165) is 25.7 Å². The van der Waals surface area contributed by atoms with Crippen molar-refractivity contribution in [1.29, 1.82) is 5.26 Å². The van der Waals surface area contributed by atoms with Crippen LogP contribution in [0.3, 0.4) is 0 Å². The molecule has 3 aliphatic rings. The molecule has 0 aromatic heterocycles. The second-order valence-corrected chi connectivity index (χ2v) is 16.8. The first-order valence-electron chi connectivity index (χ1n) is 10.9. The average Bonchev–Trinajstić information content (AvgIpc) is 2.81. The first kappa shape index (κ1) is 22.0.